The number of rotatable bonds is 3. The van der Waals surface area contributed by atoms with Gasteiger partial charge in [-0.05, 0) is 61.7 Å². The lowest BCUT2D eigenvalue weighted by Gasteiger charge is -2.17. The molecule has 0 saturated heterocycles. The van der Waals surface area contributed by atoms with Crippen LogP contribution >= 0.6 is 0 Å². The van der Waals surface area contributed by atoms with Crippen molar-refractivity contribution in [3.8, 4) is 5.75 Å². The molecule has 2 N–H and O–H groups in total. The van der Waals surface area contributed by atoms with E-state index in [1.165, 1.54) is 0 Å². The van der Waals surface area contributed by atoms with E-state index in [1.54, 1.807) is 25.1 Å². The predicted octanol–water partition coefficient (Wildman–Crippen LogP) is 4.32. The van der Waals surface area contributed by atoms with E-state index in [0.717, 1.165) is 16.8 Å². The molecule has 0 heterocycles. The van der Waals surface area contributed by atoms with Gasteiger partial charge in [0.25, 0.3) is 0 Å². The van der Waals surface area contributed by atoms with Gasteiger partial charge in [0.1, 0.15) is 11.6 Å². The van der Waals surface area contributed by atoms with Crippen molar-refractivity contribution in [2.24, 2.45) is 0 Å². The quantitative estimate of drug-likeness (QED) is 0.804. The van der Waals surface area contributed by atoms with Gasteiger partial charge in [0.2, 0.25) is 0 Å². The zero-order valence-corrected chi connectivity index (χ0v) is 11.4. The van der Waals surface area contributed by atoms with Crippen LogP contribution in [0.4, 0.5) is 10.1 Å². The first-order chi connectivity index (χ1) is 8.97. The monoisotopic (exact) mass is 259 g/mol. The van der Waals surface area contributed by atoms with Gasteiger partial charge in [-0.15, -0.1) is 0 Å². The second-order valence-corrected chi connectivity index (χ2v) is 4.88. The Hall–Kier alpha value is -2.03. The number of benzene rings is 2. The standard InChI is InChI=1S/C16H18FNO/c1-10-4-5-13(9-15(10)17)12(3)18-14-6-7-16(19)11(2)8-14/h4-9,12,18-19H,1-3H3. The number of hydrogen-bond donors (Lipinski definition) is 2. The summed E-state index contributed by atoms with van der Waals surface area (Å²) in [7, 11) is 0. The Bertz CT molecular complexity index is 595. The number of hydrogen-bond acceptors (Lipinski definition) is 2. The number of aromatic hydroxyl groups is 1. The molecular formula is C16H18FNO. The lowest BCUT2D eigenvalue weighted by Crippen LogP contribution is -2.07. The lowest BCUT2D eigenvalue weighted by atomic mass is 10.1. The summed E-state index contributed by atoms with van der Waals surface area (Å²) in [6.45, 7) is 5.57. The van der Waals surface area contributed by atoms with Crippen molar-refractivity contribution in [2.45, 2.75) is 26.8 Å². The van der Waals surface area contributed by atoms with Crippen molar-refractivity contribution in [2.75, 3.05) is 5.32 Å². The third-order valence-corrected chi connectivity index (χ3v) is 3.28. The largest absolute Gasteiger partial charge is 0.508 e. The zero-order chi connectivity index (χ0) is 14.0. The lowest BCUT2D eigenvalue weighted by molar-refractivity contribution is 0.471. The summed E-state index contributed by atoms with van der Waals surface area (Å²) in [5.41, 5.74) is 3.27. The molecule has 0 aliphatic heterocycles. The highest BCUT2D eigenvalue weighted by Gasteiger charge is 2.08. The maximum absolute atomic E-state index is 13.5. The van der Waals surface area contributed by atoms with Gasteiger partial charge in [0.15, 0.2) is 0 Å². The highest BCUT2D eigenvalue weighted by atomic mass is 19.1. The van der Waals surface area contributed by atoms with Gasteiger partial charge in [-0.25, -0.2) is 4.39 Å². The Balaban J connectivity index is 2.17. The van der Waals surface area contributed by atoms with Crippen LogP contribution in [0.3, 0.4) is 0 Å². The number of anilines is 1. The Labute approximate surface area is 112 Å². The molecule has 0 amide bonds. The molecule has 0 bridgehead atoms. The molecule has 0 fully saturated rings. The number of halogens is 1. The maximum Gasteiger partial charge on any atom is 0.126 e. The van der Waals surface area contributed by atoms with Crippen molar-refractivity contribution in [3.05, 3.63) is 58.9 Å². The van der Waals surface area contributed by atoms with E-state index in [2.05, 4.69) is 5.32 Å². The smallest absolute Gasteiger partial charge is 0.126 e. The van der Waals surface area contributed by atoms with Crippen molar-refractivity contribution in [3.63, 3.8) is 0 Å². The van der Waals surface area contributed by atoms with Crippen LogP contribution in [-0.4, -0.2) is 5.11 Å². The topological polar surface area (TPSA) is 32.3 Å². The van der Waals surface area contributed by atoms with E-state index in [4.69, 9.17) is 0 Å². The SMILES string of the molecule is Cc1cc(NC(C)c2ccc(C)c(F)c2)ccc1O. The predicted molar refractivity (Wildman–Crippen MR) is 76.0 cm³/mol. The fraction of sp³-hybridized carbons (Fsp3) is 0.250. The third-order valence-electron chi connectivity index (χ3n) is 3.28. The third kappa shape index (κ3) is 3.05. The van der Waals surface area contributed by atoms with Crippen molar-refractivity contribution >= 4 is 5.69 Å². The van der Waals surface area contributed by atoms with Crippen molar-refractivity contribution in [1.29, 1.82) is 0 Å². The normalized spacial score (nSPS) is 12.2. The van der Waals surface area contributed by atoms with Crippen LogP contribution in [-0.2, 0) is 0 Å². The minimum Gasteiger partial charge on any atom is -0.508 e. The first kappa shape index (κ1) is 13.4. The molecule has 0 radical (unpaired) electrons. The van der Waals surface area contributed by atoms with E-state index in [-0.39, 0.29) is 17.6 Å². The van der Waals surface area contributed by atoms with Gasteiger partial charge >= 0.3 is 0 Å². The first-order valence-corrected chi connectivity index (χ1v) is 6.29. The van der Waals surface area contributed by atoms with Gasteiger partial charge in [-0.3, -0.25) is 0 Å². The number of phenols is 1. The van der Waals surface area contributed by atoms with Crippen LogP contribution < -0.4 is 5.32 Å². The maximum atomic E-state index is 13.5. The highest BCUT2D eigenvalue weighted by molar-refractivity contribution is 5.51. The van der Waals surface area contributed by atoms with E-state index >= 15 is 0 Å². The van der Waals surface area contributed by atoms with Gasteiger partial charge in [0.05, 0.1) is 0 Å². The van der Waals surface area contributed by atoms with Crippen LogP contribution in [0.25, 0.3) is 0 Å². The van der Waals surface area contributed by atoms with E-state index in [9.17, 15) is 9.50 Å². The number of aryl methyl sites for hydroxylation is 2. The minimum atomic E-state index is -0.187. The van der Waals surface area contributed by atoms with Gasteiger partial charge in [0, 0.05) is 11.7 Å². The summed E-state index contributed by atoms with van der Waals surface area (Å²) in [5, 5.41) is 12.8. The molecule has 2 nitrogen and oxygen atoms in total. The van der Waals surface area contributed by atoms with Gasteiger partial charge in [-0.2, -0.15) is 0 Å². The Morgan fingerprint density at radius 3 is 2.42 bits per heavy atom. The second-order valence-electron chi connectivity index (χ2n) is 4.88. The average Bonchev–Trinajstić information content (AvgIpc) is 2.37. The fourth-order valence-electron chi connectivity index (χ4n) is 1.96. The molecule has 2 aromatic carbocycles. The zero-order valence-electron chi connectivity index (χ0n) is 11.4. The highest BCUT2D eigenvalue weighted by Crippen LogP contribution is 2.24. The van der Waals surface area contributed by atoms with E-state index < -0.39 is 0 Å². The van der Waals surface area contributed by atoms with E-state index in [0.29, 0.717) is 5.56 Å². The molecule has 0 saturated carbocycles. The fourth-order valence-corrected chi connectivity index (χ4v) is 1.96. The molecule has 1 atom stereocenters. The summed E-state index contributed by atoms with van der Waals surface area (Å²) in [4.78, 5) is 0. The molecule has 3 heteroatoms. The summed E-state index contributed by atoms with van der Waals surface area (Å²) >= 11 is 0. The summed E-state index contributed by atoms with van der Waals surface area (Å²) in [5.74, 6) is 0.0904. The Morgan fingerprint density at radius 2 is 1.79 bits per heavy atom. The molecular weight excluding hydrogens is 241 g/mol. The Kier molecular flexibility index (Phi) is 3.74. The van der Waals surface area contributed by atoms with Crippen LogP contribution in [0, 0.1) is 19.7 Å². The molecule has 1 unspecified atom stereocenters. The number of phenolic OH excluding ortho intramolecular Hbond substituents is 1. The molecule has 0 spiro atoms. The van der Waals surface area contributed by atoms with Crippen LogP contribution in [0.15, 0.2) is 36.4 Å². The van der Waals surface area contributed by atoms with E-state index in [1.807, 2.05) is 32.0 Å². The summed E-state index contributed by atoms with van der Waals surface area (Å²) < 4.78 is 13.5. The summed E-state index contributed by atoms with van der Waals surface area (Å²) in [6, 6.07) is 10.6. The van der Waals surface area contributed by atoms with Crippen LogP contribution in [0.2, 0.25) is 0 Å². The molecule has 0 aliphatic rings. The second kappa shape index (κ2) is 5.31. The van der Waals surface area contributed by atoms with Gasteiger partial charge < -0.3 is 10.4 Å². The molecule has 19 heavy (non-hydrogen) atoms. The summed E-state index contributed by atoms with van der Waals surface area (Å²) in [6.07, 6.45) is 0. The molecule has 0 aliphatic carbocycles. The minimum absolute atomic E-state index is 0.000886. The molecule has 2 aromatic rings. The van der Waals surface area contributed by atoms with Gasteiger partial charge in [-0.1, -0.05) is 12.1 Å². The number of nitrogens with one attached hydrogen (secondary N) is 1. The average molecular weight is 259 g/mol. The Morgan fingerprint density at radius 1 is 1.05 bits per heavy atom. The van der Waals surface area contributed by atoms with Crippen LogP contribution in [0.5, 0.6) is 5.75 Å². The van der Waals surface area contributed by atoms with Crippen molar-refractivity contribution in [1.82, 2.24) is 0 Å². The van der Waals surface area contributed by atoms with Crippen molar-refractivity contribution < 1.29 is 9.50 Å². The molecule has 2 rings (SSSR count). The molecule has 0 aromatic heterocycles. The molecule has 100 valence electrons. The first-order valence-electron chi connectivity index (χ1n) is 6.29. The van der Waals surface area contributed by atoms with Crippen LogP contribution in [0.1, 0.15) is 29.7 Å².